The molecule has 1 aliphatic rings. The number of amides is 1. The average molecular weight is 271 g/mol. The zero-order chi connectivity index (χ0) is 10.8. The van der Waals surface area contributed by atoms with Gasteiger partial charge in [0.25, 0.3) is 5.91 Å². The van der Waals surface area contributed by atoms with Gasteiger partial charge in [0, 0.05) is 19.6 Å². The van der Waals surface area contributed by atoms with Crippen LogP contribution in [0.4, 0.5) is 0 Å². The molecule has 0 N–H and O–H groups in total. The van der Waals surface area contributed by atoms with Crippen molar-refractivity contribution in [1.82, 2.24) is 9.47 Å². The largest absolute Gasteiger partial charge is 0.336 e. The molecular formula is C11H15BrN2O. The Hall–Kier alpha value is -0.770. The van der Waals surface area contributed by atoms with Gasteiger partial charge >= 0.3 is 0 Å². The molecule has 0 bridgehead atoms. The first kappa shape index (κ1) is 10.7. The van der Waals surface area contributed by atoms with Gasteiger partial charge in [-0.1, -0.05) is 13.3 Å². The van der Waals surface area contributed by atoms with Crippen LogP contribution in [0, 0.1) is 0 Å². The Morgan fingerprint density at radius 2 is 2.20 bits per heavy atom. The summed E-state index contributed by atoms with van der Waals surface area (Å²) in [5, 5.41) is 0. The number of unbranched alkanes of at least 4 members (excludes halogenated alkanes) is 1. The average Bonchev–Trinajstić information content (AvgIpc) is 2.61. The molecule has 0 spiro atoms. The lowest BCUT2D eigenvalue weighted by atomic mass is 10.2. The second kappa shape index (κ2) is 4.39. The first-order chi connectivity index (χ1) is 7.24. The molecule has 1 aromatic heterocycles. The van der Waals surface area contributed by atoms with Crippen LogP contribution < -0.4 is 0 Å². The van der Waals surface area contributed by atoms with Gasteiger partial charge in [-0.2, -0.15) is 0 Å². The Kier molecular flexibility index (Phi) is 3.14. The van der Waals surface area contributed by atoms with E-state index in [0.29, 0.717) is 0 Å². The molecule has 0 unspecified atom stereocenters. The molecule has 0 radical (unpaired) electrons. The number of carbonyl (C=O) groups excluding carboxylic acids is 1. The summed E-state index contributed by atoms with van der Waals surface area (Å²) in [7, 11) is 0. The predicted octanol–water partition coefficient (Wildman–Crippen LogP) is 2.51. The normalized spacial score (nSPS) is 15.6. The molecule has 15 heavy (non-hydrogen) atoms. The third kappa shape index (κ3) is 1.95. The molecule has 0 saturated carbocycles. The molecule has 2 rings (SSSR count). The second-order valence-electron chi connectivity index (χ2n) is 3.84. The van der Waals surface area contributed by atoms with Crippen LogP contribution in [0.3, 0.4) is 0 Å². The second-order valence-corrected chi connectivity index (χ2v) is 4.65. The minimum absolute atomic E-state index is 0.167. The fourth-order valence-corrected chi connectivity index (χ4v) is 2.40. The third-order valence-corrected chi connectivity index (χ3v) is 3.50. The molecular weight excluding hydrogens is 256 g/mol. The zero-order valence-electron chi connectivity index (χ0n) is 8.87. The minimum atomic E-state index is 0.167. The Morgan fingerprint density at radius 3 is 2.93 bits per heavy atom. The lowest BCUT2D eigenvalue weighted by molar-refractivity contribution is 0.0701. The molecule has 0 saturated heterocycles. The lowest BCUT2D eigenvalue weighted by Gasteiger charge is -2.28. The van der Waals surface area contributed by atoms with Gasteiger partial charge in [-0.25, -0.2) is 0 Å². The number of carbonyl (C=O) groups is 1. The van der Waals surface area contributed by atoms with E-state index in [2.05, 4.69) is 22.9 Å². The molecule has 0 fully saturated rings. The number of rotatable bonds is 3. The first-order valence-electron chi connectivity index (χ1n) is 5.38. The quantitative estimate of drug-likeness (QED) is 0.829. The van der Waals surface area contributed by atoms with Crippen molar-refractivity contribution in [2.45, 2.75) is 26.3 Å². The molecule has 4 heteroatoms. The fraction of sp³-hybridized carbons (Fsp3) is 0.545. The minimum Gasteiger partial charge on any atom is -0.336 e. The highest BCUT2D eigenvalue weighted by Gasteiger charge is 2.24. The third-order valence-electron chi connectivity index (χ3n) is 2.81. The van der Waals surface area contributed by atoms with E-state index < -0.39 is 0 Å². The van der Waals surface area contributed by atoms with Crippen LogP contribution >= 0.6 is 15.9 Å². The molecule has 0 aromatic carbocycles. The summed E-state index contributed by atoms with van der Waals surface area (Å²) in [6.07, 6.45) is 2.22. The summed E-state index contributed by atoms with van der Waals surface area (Å²) < 4.78 is 3.03. The van der Waals surface area contributed by atoms with E-state index in [-0.39, 0.29) is 5.91 Å². The predicted molar refractivity (Wildman–Crippen MR) is 62.9 cm³/mol. The maximum absolute atomic E-state index is 12.0. The van der Waals surface area contributed by atoms with Crippen molar-refractivity contribution in [3.8, 4) is 0 Å². The van der Waals surface area contributed by atoms with Gasteiger partial charge in [-0.05, 0) is 34.5 Å². The van der Waals surface area contributed by atoms with E-state index in [1.54, 1.807) is 0 Å². The van der Waals surface area contributed by atoms with Gasteiger partial charge in [0.1, 0.15) is 5.69 Å². The van der Waals surface area contributed by atoms with Crippen LogP contribution in [0.2, 0.25) is 0 Å². The molecule has 2 heterocycles. The van der Waals surface area contributed by atoms with E-state index in [1.165, 1.54) is 0 Å². The van der Waals surface area contributed by atoms with E-state index in [9.17, 15) is 4.79 Å². The summed E-state index contributed by atoms with van der Waals surface area (Å²) in [6, 6.07) is 3.83. The molecule has 82 valence electrons. The maximum atomic E-state index is 12.0. The van der Waals surface area contributed by atoms with Crippen LogP contribution in [0.25, 0.3) is 0 Å². The Morgan fingerprint density at radius 1 is 1.40 bits per heavy atom. The van der Waals surface area contributed by atoms with Crippen molar-refractivity contribution in [2.24, 2.45) is 0 Å². The van der Waals surface area contributed by atoms with Crippen LogP contribution in [-0.2, 0) is 6.54 Å². The van der Waals surface area contributed by atoms with Gasteiger partial charge in [-0.3, -0.25) is 4.79 Å². The molecule has 1 aliphatic heterocycles. The summed E-state index contributed by atoms with van der Waals surface area (Å²) in [4.78, 5) is 14.0. The van der Waals surface area contributed by atoms with E-state index in [4.69, 9.17) is 0 Å². The Balaban J connectivity index is 2.15. The highest BCUT2D eigenvalue weighted by molar-refractivity contribution is 9.10. The maximum Gasteiger partial charge on any atom is 0.270 e. The molecule has 0 atom stereocenters. The highest BCUT2D eigenvalue weighted by Crippen LogP contribution is 2.21. The standard InChI is InChI=1S/C11H15BrN2O/c1-2-3-6-13-7-8-14-9(11(13)15)4-5-10(14)12/h4-5H,2-3,6-8H2,1H3. The van der Waals surface area contributed by atoms with Crippen molar-refractivity contribution in [1.29, 1.82) is 0 Å². The molecule has 1 amide bonds. The van der Waals surface area contributed by atoms with Crippen molar-refractivity contribution in [2.75, 3.05) is 13.1 Å². The molecule has 3 nitrogen and oxygen atoms in total. The van der Waals surface area contributed by atoms with Crippen molar-refractivity contribution >= 4 is 21.8 Å². The van der Waals surface area contributed by atoms with Gasteiger partial charge in [0.05, 0.1) is 4.60 Å². The van der Waals surface area contributed by atoms with E-state index in [1.807, 2.05) is 21.6 Å². The van der Waals surface area contributed by atoms with Crippen molar-refractivity contribution in [3.05, 3.63) is 22.4 Å². The topological polar surface area (TPSA) is 25.2 Å². The Labute approximate surface area is 98.2 Å². The Bertz CT molecular complexity index is 373. The monoisotopic (exact) mass is 270 g/mol. The number of fused-ring (bicyclic) bond motifs is 1. The van der Waals surface area contributed by atoms with E-state index >= 15 is 0 Å². The van der Waals surface area contributed by atoms with Crippen molar-refractivity contribution < 1.29 is 4.79 Å². The number of nitrogens with zero attached hydrogens (tertiary/aromatic N) is 2. The van der Waals surface area contributed by atoms with Crippen LogP contribution in [0.1, 0.15) is 30.3 Å². The summed E-state index contributed by atoms with van der Waals surface area (Å²) >= 11 is 3.44. The summed E-state index contributed by atoms with van der Waals surface area (Å²) in [5.41, 5.74) is 0.809. The van der Waals surface area contributed by atoms with Crippen molar-refractivity contribution in [3.63, 3.8) is 0 Å². The van der Waals surface area contributed by atoms with E-state index in [0.717, 1.165) is 42.8 Å². The number of hydrogen-bond acceptors (Lipinski definition) is 1. The fourth-order valence-electron chi connectivity index (χ4n) is 1.90. The van der Waals surface area contributed by atoms with Crippen LogP contribution in [0.5, 0.6) is 0 Å². The van der Waals surface area contributed by atoms with Gasteiger partial charge in [0.2, 0.25) is 0 Å². The highest BCUT2D eigenvalue weighted by atomic mass is 79.9. The molecule has 1 aromatic rings. The number of aromatic nitrogens is 1. The van der Waals surface area contributed by atoms with Gasteiger partial charge in [-0.15, -0.1) is 0 Å². The SMILES string of the molecule is CCCCN1CCn2c(Br)ccc2C1=O. The zero-order valence-corrected chi connectivity index (χ0v) is 10.5. The summed E-state index contributed by atoms with van der Waals surface area (Å²) in [5.74, 6) is 0.167. The smallest absolute Gasteiger partial charge is 0.270 e. The number of hydrogen-bond donors (Lipinski definition) is 0. The number of halogens is 1. The van der Waals surface area contributed by atoms with Gasteiger partial charge in [0.15, 0.2) is 0 Å². The summed E-state index contributed by atoms with van der Waals surface area (Å²) in [6.45, 7) is 4.77. The lowest BCUT2D eigenvalue weighted by Crippen LogP contribution is -2.40. The van der Waals surface area contributed by atoms with Crippen LogP contribution in [-0.4, -0.2) is 28.5 Å². The van der Waals surface area contributed by atoms with Gasteiger partial charge < -0.3 is 9.47 Å². The molecule has 0 aliphatic carbocycles. The van der Waals surface area contributed by atoms with Crippen LogP contribution in [0.15, 0.2) is 16.7 Å². The first-order valence-corrected chi connectivity index (χ1v) is 6.17.